The minimum Gasteiger partial charge on any atom is -0.453 e. The second kappa shape index (κ2) is 8.62. The van der Waals surface area contributed by atoms with Crippen molar-refractivity contribution in [1.29, 1.82) is 0 Å². The highest BCUT2D eigenvalue weighted by atomic mass is 16.6. The quantitative estimate of drug-likeness (QED) is 0.690. The van der Waals surface area contributed by atoms with Gasteiger partial charge < -0.3 is 19.1 Å². The third-order valence-electron chi connectivity index (χ3n) is 3.83. The molecule has 2 rings (SSSR count). The number of likely N-dealkylation sites (tertiary alicyclic amines) is 1. The van der Waals surface area contributed by atoms with Crippen LogP contribution >= 0.6 is 0 Å². The average molecular weight is 349 g/mol. The zero-order valence-corrected chi connectivity index (χ0v) is 14.6. The summed E-state index contributed by atoms with van der Waals surface area (Å²) < 4.78 is 16.0. The van der Waals surface area contributed by atoms with Crippen LogP contribution in [0.25, 0.3) is 0 Å². The number of benzene rings is 1. The molecule has 1 heterocycles. The number of amides is 1. The van der Waals surface area contributed by atoms with Crippen molar-refractivity contribution >= 4 is 17.8 Å². The van der Waals surface area contributed by atoms with Crippen LogP contribution in [0.1, 0.15) is 26.3 Å². The molecule has 25 heavy (non-hydrogen) atoms. The van der Waals surface area contributed by atoms with Crippen molar-refractivity contribution in [3.63, 3.8) is 0 Å². The van der Waals surface area contributed by atoms with Crippen LogP contribution in [0.2, 0.25) is 0 Å². The molecule has 3 atom stereocenters. The summed E-state index contributed by atoms with van der Waals surface area (Å²) in [5.74, 6) is -1.60. The Morgan fingerprint density at radius 2 is 1.72 bits per heavy atom. The Balaban J connectivity index is 2.20. The largest absolute Gasteiger partial charge is 0.453 e. The van der Waals surface area contributed by atoms with E-state index in [0.29, 0.717) is 19.6 Å². The first-order valence-corrected chi connectivity index (χ1v) is 8.24. The van der Waals surface area contributed by atoms with Crippen molar-refractivity contribution in [2.24, 2.45) is 0 Å². The van der Waals surface area contributed by atoms with Crippen molar-refractivity contribution in [3.05, 3.63) is 35.9 Å². The summed E-state index contributed by atoms with van der Waals surface area (Å²) in [6, 6.07) is 9.68. The summed E-state index contributed by atoms with van der Waals surface area (Å²) in [5.41, 5.74) is 1.06. The van der Waals surface area contributed by atoms with Crippen molar-refractivity contribution in [3.8, 4) is 0 Å². The molecule has 0 radical (unpaired) electrons. The lowest BCUT2D eigenvalue weighted by Gasteiger charge is -2.27. The van der Waals surface area contributed by atoms with Gasteiger partial charge in [0, 0.05) is 27.0 Å². The molecule has 1 aliphatic heterocycles. The van der Waals surface area contributed by atoms with Gasteiger partial charge in [-0.05, 0) is 18.9 Å². The lowest BCUT2D eigenvalue weighted by Crippen LogP contribution is -2.42. The molecule has 1 aliphatic rings. The van der Waals surface area contributed by atoms with Gasteiger partial charge in [-0.2, -0.15) is 0 Å². The molecule has 7 heteroatoms. The smallest absolute Gasteiger partial charge is 0.303 e. The Bertz CT molecular complexity index is 617. The zero-order valence-electron chi connectivity index (χ0n) is 14.6. The van der Waals surface area contributed by atoms with Crippen LogP contribution in [0.5, 0.6) is 0 Å². The molecule has 0 N–H and O–H groups in total. The Morgan fingerprint density at radius 1 is 1.08 bits per heavy atom. The van der Waals surface area contributed by atoms with Crippen LogP contribution in [0.15, 0.2) is 30.3 Å². The molecule has 0 saturated carbocycles. The third-order valence-corrected chi connectivity index (χ3v) is 3.83. The fraction of sp³-hybridized carbons (Fsp3) is 0.500. The van der Waals surface area contributed by atoms with Gasteiger partial charge in [-0.3, -0.25) is 14.4 Å². The van der Waals surface area contributed by atoms with E-state index < -0.39 is 36.3 Å². The van der Waals surface area contributed by atoms with E-state index in [9.17, 15) is 14.4 Å². The summed E-state index contributed by atoms with van der Waals surface area (Å²) >= 11 is 0. The van der Waals surface area contributed by atoms with Crippen LogP contribution in [0, 0.1) is 0 Å². The number of rotatable bonds is 7. The van der Waals surface area contributed by atoms with Gasteiger partial charge in [0.15, 0.2) is 12.3 Å². The van der Waals surface area contributed by atoms with Gasteiger partial charge in [0.1, 0.15) is 0 Å². The molecular weight excluding hydrogens is 326 g/mol. The number of esters is 2. The molecule has 7 nitrogen and oxygen atoms in total. The van der Waals surface area contributed by atoms with E-state index in [4.69, 9.17) is 14.2 Å². The first kappa shape index (κ1) is 18.9. The van der Waals surface area contributed by atoms with E-state index in [1.165, 1.54) is 18.7 Å². The van der Waals surface area contributed by atoms with E-state index in [2.05, 4.69) is 0 Å². The second-order valence-corrected chi connectivity index (χ2v) is 5.72. The fourth-order valence-corrected chi connectivity index (χ4v) is 2.85. The normalized spacial score (nSPS) is 22.8. The Hall–Kier alpha value is -2.41. The molecule has 1 saturated heterocycles. The van der Waals surface area contributed by atoms with Crippen molar-refractivity contribution in [1.82, 2.24) is 4.90 Å². The number of hydrogen-bond donors (Lipinski definition) is 0. The Morgan fingerprint density at radius 3 is 2.28 bits per heavy atom. The predicted molar refractivity (Wildman–Crippen MR) is 88.4 cm³/mol. The number of ether oxygens (including phenoxy) is 3. The van der Waals surface area contributed by atoms with Crippen LogP contribution in [-0.2, 0) is 35.0 Å². The van der Waals surface area contributed by atoms with Crippen LogP contribution < -0.4 is 0 Å². The first-order valence-electron chi connectivity index (χ1n) is 8.24. The van der Waals surface area contributed by atoms with E-state index in [-0.39, 0.29) is 0 Å². The topological polar surface area (TPSA) is 82.1 Å². The highest BCUT2D eigenvalue weighted by Gasteiger charge is 2.52. The molecule has 1 fully saturated rings. The van der Waals surface area contributed by atoms with Gasteiger partial charge in [-0.25, -0.2) is 0 Å². The molecule has 136 valence electrons. The van der Waals surface area contributed by atoms with Gasteiger partial charge in [-0.1, -0.05) is 30.3 Å². The molecule has 1 amide bonds. The Labute approximate surface area is 146 Å². The molecule has 0 aliphatic carbocycles. The molecule has 1 aromatic carbocycles. The van der Waals surface area contributed by atoms with E-state index in [1.807, 2.05) is 30.3 Å². The van der Waals surface area contributed by atoms with E-state index in [0.717, 1.165) is 5.56 Å². The SMILES string of the molecule is CCOC1[C@H](OC(C)=O)[C@@H](OC(C)=O)C(=O)N1CCc1ccccc1. The lowest BCUT2D eigenvalue weighted by molar-refractivity contribution is -0.173. The van der Waals surface area contributed by atoms with Crippen molar-refractivity contribution < 1.29 is 28.6 Å². The predicted octanol–water partition coefficient (Wildman–Crippen LogP) is 1.30. The fourth-order valence-electron chi connectivity index (χ4n) is 2.85. The maximum atomic E-state index is 12.7. The minimum atomic E-state index is -1.19. The summed E-state index contributed by atoms with van der Waals surface area (Å²) in [7, 11) is 0. The average Bonchev–Trinajstić information content (AvgIpc) is 2.78. The first-order chi connectivity index (χ1) is 11.9. The van der Waals surface area contributed by atoms with Gasteiger partial charge in [-0.15, -0.1) is 0 Å². The highest BCUT2D eigenvalue weighted by molar-refractivity contribution is 5.87. The van der Waals surface area contributed by atoms with E-state index >= 15 is 0 Å². The highest BCUT2D eigenvalue weighted by Crippen LogP contribution is 2.27. The molecular formula is C18H23NO6. The van der Waals surface area contributed by atoms with Crippen LogP contribution in [0.4, 0.5) is 0 Å². The van der Waals surface area contributed by atoms with Crippen molar-refractivity contribution in [2.45, 2.75) is 45.6 Å². The van der Waals surface area contributed by atoms with Gasteiger partial charge >= 0.3 is 11.9 Å². The number of carbonyl (C=O) groups is 3. The third kappa shape index (κ3) is 4.79. The monoisotopic (exact) mass is 349 g/mol. The molecule has 1 unspecified atom stereocenters. The summed E-state index contributed by atoms with van der Waals surface area (Å²) in [4.78, 5) is 37.0. The Kier molecular flexibility index (Phi) is 6.52. The minimum absolute atomic E-state index is 0.324. The van der Waals surface area contributed by atoms with Gasteiger partial charge in [0.25, 0.3) is 5.91 Å². The number of carbonyl (C=O) groups excluding carboxylic acids is 3. The molecule has 0 bridgehead atoms. The van der Waals surface area contributed by atoms with E-state index in [1.54, 1.807) is 6.92 Å². The van der Waals surface area contributed by atoms with Gasteiger partial charge in [0.05, 0.1) is 0 Å². The standard InChI is InChI=1S/C18H23NO6/c1-4-23-18-16(25-13(3)21)15(24-12(2)20)17(22)19(18)11-10-14-8-6-5-7-9-14/h5-9,15-16,18H,4,10-11H2,1-3H3/t15-,16-,18?/m1/s1. The molecule has 1 aromatic rings. The van der Waals surface area contributed by atoms with Gasteiger partial charge in [0.2, 0.25) is 6.10 Å². The molecule has 0 spiro atoms. The van der Waals surface area contributed by atoms with Crippen LogP contribution in [-0.4, -0.2) is 54.3 Å². The zero-order chi connectivity index (χ0) is 18.4. The lowest BCUT2D eigenvalue weighted by atomic mass is 10.1. The molecule has 0 aromatic heterocycles. The maximum absolute atomic E-state index is 12.7. The summed E-state index contributed by atoms with van der Waals surface area (Å²) in [6.07, 6.45) is -2.34. The summed E-state index contributed by atoms with van der Waals surface area (Å²) in [6.45, 7) is 4.92. The van der Waals surface area contributed by atoms with Crippen LogP contribution in [0.3, 0.4) is 0 Å². The number of hydrogen-bond acceptors (Lipinski definition) is 6. The number of nitrogens with zero attached hydrogens (tertiary/aromatic N) is 1. The second-order valence-electron chi connectivity index (χ2n) is 5.72. The van der Waals surface area contributed by atoms with Crippen molar-refractivity contribution in [2.75, 3.05) is 13.2 Å². The summed E-state index contributed by atoms with van der Waals surface area (Å²) in [5, 5.41) is 0. The maximum Gasteiger partial charge on any atom is 0.303 e.